The Morgan fingerprint density at radius 3 is 2.43 bits per heavy atom. The molecule has 78 valence electrons. The Morgan fingerprint density at radius 2 is 2.00 bits per heavy atom. The number of halogens is 4. The maximum absolute atomic E-state index is 12.3. The summed E-state index contributed by atoms with van der Waals surface area (Å²) in [5, 5.41) is 2.57. The predicted octanol–water partition coefficient (Wildman–Crippen LogP) is 3.08. The summed E-state index contributed by atoms with van der Waals surface area (Å²) in [6.07, 6.45) is -4.38. The molecule has 1 rings (SSSR count). The molecule has 0 fully saturated rings. The van der Waals surface area contributed by atoms with E-state index in [9.17, 15) is 13.2 Å². The van der Waals surface area contributed by atoms with Crippen LogP contribution < -0.4 is 5.32 Å². The monoisotopic (exact) mass is 223 g/mol. The first-order valence-corrected chi connectivity index (χ1v) is 4.33. The number of alkyl halides is 3. The summed E-state index contributed by atoms with van der Waals surface area (Å²) in [6, 6.07) is 3.72. The van der Waals surface area contributed by atoms with E-state index in [1.165, 1.54) is 12.1 Å². The highest BCUT2D eigenvalue weighted by atomic mass is 35.5. The van der Waals surface area contributed by atoms with Gasteiger partial charge in [0.25, 0.3) is 0 Å². The molecule has 1 nitrogen and oxygen atoms in total. The zero-order chi connectivity index (χ0) is 10.8. The first kappa shape index (κ1) is 11.3. The van der Waals surface area contributed by atoms with Gasteiger partial charge in [0.15, 0.2) is 0 Å². The molecule has 0 bridgehead atoms. The second kappa shape index (κ2) is 4.19. The highest BCUT2D eigenvalue weighted by Crippen LogP contribution is 2.34. The fourth-order valence-corrected chi connectivity index (χ4v) is 1.41. The molecule has 1 N–H and O–H groups in total. The zero-order valence-corrected chi connectivity index (χ0v) is 8.21. The molecule has 0 saturated carbocycles. The van der Waals surface area contributed by atoms with Gasteiger partial charge in [0.05, 0.1) is 10.6 Å². The lowest BCUT2D eigenvalue weighted by molar-refractivity contribution is -0.137. The standard InChI is InChI=1S/C9H9ClF3N/c1-14-5-6-2-3-7(8(10)4-6)9(11,12)13/h2-4,14H,5H2,1H3. The second-order valence-electron chi connectivity index (χ2n) is 2.84. The van der Waals surface area contributed by atoms with Crippen LogP contribution in [-0.4, -0.2) is 7.05 Å². The van der Waals surface area contributed by atoms with E-state index in [1.807, 2.05) is 0 Å². The highest BCUT2D eigenvalue weighted by Gasteiger charge is 2.32. The minimum absolute atomic E-state index is 0.259. The third kappa shape index (κ3) is 2.62. The average Bonchev–Trinajstić information content (AvgIpc) is 2.02. The number of hydrogen-bond donors (Lipinski definition) is 1. The van der Waals surface area contributed by atoms with Gasteiger partial charge in [-0.2, -0.15) is 13.2 Å². The van der Waals surface area contributed by atoms with E-state index >= 15 is 0 Å². The molecule has 5 heteroatoms. The lowest BCUT2D eigenvalue weighted by Gasteiger charge is -2.09. The first-order chi connectivity index (χ1) is 6.45. The smallest absolute Gasteiger partial charge is 0.316 e. The SMILES string of the molecule is CNCc1ccc(C(F)(F)F)c(Cl)c1. The van der Waals surface area contributed by atoms with Gasteiger partial charge in [0, 0.05) is 6.54 Å². The van der Waals surface area contributed by atoms with E-state index < -0.39 is 11.7 Å². The molecule has 1 aromatic carbocycles. The number of hydrogen-bond acceptors (Lipinski definition) is 1. The van der Waals surface area contributed by atoms with Crippen molar-refractivity contribution in [1.82, 2.24) is 5.32 Å². The van der Waals surface area contributed by atoms with E-state index in [0.717, 1.165) is 11.6 Å². The van der Waals surface area contributed by atoms with Gasteiger partial charge in [-0.3, -0.25) is 0 Å². The molecule has 14 heavy (non-hydrogen) atoms. The van der Waals surface area contributed by atoms with Gasteiger partial charge in [-0.15, -0.1) is 0 Å². The summed E-state index contributed by atoms with van der Waals surface area (Å²) in [6.45, 7) is 0.498. The summed E-state index contributed by atoms with van der Waals surface area (Å²) in [5.74, 6) is 0. The van der Waals surface area contributed by atoms with Crippen LogP contribution in [0.5, 0.6) is 0 Å². The Balaban J connectivity index is 3.02. The minimum Gasteiger partial charge on any atom is -0.316 e. The van der Waals surface area contributed by atoms with Crippen molar-refractivity contribution in [3.8, 4) is 0 Å². The quantitative estimate of drug-likeness (QED) is 0.813. The van der Waals surface area contributed by atoms with Crippen molar-refractivity contribution in [3.63, 3.8) is 0 Å². The molecule has 0 aromatic heterocycles. The molecular formula is C9H9ClF3N. The molecule has 1 aromatic rings. The molecule has 0 aliphatic carbocycles. The van der Waals surface area contributed by atoms with Crippen LogP contribution in [-0.2, 0) is 12.7 Å². The van der Waals surface area contributed by atoms with Crippen LogP contribution >= 0.6 is 11.6 Å². The zero-order valence-electron chi connectivity index (χ0n) is 7.45. The van der Waals surface area contributed by atoms with Crippen LogP contribution in [0.25, 0.3) is 0 Å². The minimum atomic E-state index is -4.38. The van der Waals surface area contributed by atoms with Crippen LogP contribution in [0.3, 0.4) is 0 Å². The largest absolute Gasteiger partial charge is 0.417 e. The molecule has 0 saturated heterocycles. The second-order valence-corrected chi connectivity index (χ2v) is 3.25. The Morgan fingerprint density at radius 1 is 1.36 bits per heavy atom. The third-order valence-corrected chi connectivity index (χ3v) is 2.03. The summed E-state index contributed by atoms with van der Waals surface area (Å²) < 4.78 is 36.8. The molecule has 0 atom stereocenters. The third-order valence-electron chi connectivity index (χ3n) is 1.72. The highest BCUT2D eigenvalue weighted by molar-refractivity contribution is 6.31. The van der Waals surface area contributed by atoms with Crippen LogP contribution in [0.1, 0.15) is 11.1 Å². The van der Waals surface area contributed by atoms with Gasteiger partial charge in [-0.1, -0.05) is 17.7 Å². The van der Waals surface area contributed by atoms with Crippen molar-refractivity contribution < 1.29 is 13.2 Å². The number of nitrogens with one attached hydrogen (secondary N) is 1. The summed E-state index contributed by atoms with van der Waals surface area (Å²) in [7, 11) is 1.71. The molecule has 0 unspecified atom stereocenters. The van der Waals surface area contributed by atoms with Crippen molar-refractivity contribution in [3.05, 3.63) is 34.3 Å². The number of rotatable bonds is 2. The van der Waals surface area contributed by atoms with Crippen molar-refractivity contribution in [2.75, 3.05) is 7.05 Å². The van der Waals surface area contributed by atoms with Crippen LogP contribution in [0, 0.1) is 0 Å². The van der Waals surface area contributed by atoms with E-state index in [0.29, 0.717) is 6.54 Å². The van der Waals surface area contributed by atoms with Gasteiger partial charge in [0.1, 0.15) is 0 Å². The Kier molecular flexibility index (Phi) is 3.39. The molecular weight excluding hydrogens is 215 g/mol. The lowest BCUT2D eigenvalue weighted by atomic mass is 10.1. The molecule has 0 spiro atoms. The van der Waals surface area contributed by atoms with Gasteiger partial charge < -0.3 is 5.32 Å². The van der Waals surface area contributed by atoms with E-state index in [4.69, 9.17) is 11.6 Å². The predicted molar refractivity (Wildman–Crippen MR) is 49.2 cm³/mol. The Hall–Kier alpha value is -0.740. The van der Waals surface area contributed by atoms with Crippen molar-refractivity contribution in [2.24, 2.45) is 0 Å². The molecule has 0 heterocycles. The van der Waals surface area contributed by atoms with E-state index in [1.54, 1.807) is 7.05 Å². The van der Waals surface area contributed by atoms with Crippen LogP contribution in [0.2, 0.25) is 5.02 Å². The van der Waals surface area contributed by atoms with Gasteiger partial charge in [0.2, 0.25) is 0 Å². The Bertz CT molecular complexity index is 322. The summed E-state index contributed by atoms with van der Waals surface area (Å²) in [4.78, 5) is 0. The van der Waals surface area contributed by atoms with E-state index in [-0.39, 0.29) is 5.02 Å². The van der Waals surface area contributed by atoms with Crippen molar-refractivity contribution >= 4 is 11.6 Å². The number of benzene rings is 1. The summed E-state index contributed by atoms with van der Waals surface area (Å²) >= 11 is 5.50. The van der Waals surface area contributed by atoms with Gasteiger partial charge in [-0.05, 0) is 24.7 Å². The maximum atomic E-state index is 12.3. The van der Waals surface area contributed by atoms with Crippen molar-refractivity contribution in [1.29, 1.82) is 0 Å². The summed E-state index contributed by atoms with van der Waals surface area (Å²) in [5.41, 5.74) is -0.0653. The van der Waals surface area contributed by atoms with Crippen LogP contribution in [0.15, 0.2) is 18.2 Å². The lowest BCUT2D eigenvalue weighted by Crippen LogP contribution is -2.08. The van der Waals surface area contributed by atoms with Crippen molar-refractivity contribution in [2.45, 2.75) is 12.7 Å². The fourth-order valence-electron chi connectivity index (χ4n) is 1.10. The molecule has 0 aliphatic rings. The first-order valence-electron chi connectivity index (χ1n) is 3.95. The fraction of sp³-hybridized carbons (Fsp3) is 0.333. The van der Waals surface area contributed by atoms with Gasteiger partial charge in [-0.25, -0.2) is 0 Å². The molecule has 0 radical (unpaired) electrons. The average molecular weight is 224 g/mol. The van der Waals surface area contributed by atoms with Crippen LogP contribution in [0.4, 0.5) is 13.2 Å². The Labute approximate surface area is 84.9 Å². The topological polar surface area (TPSA) is 12.0 Å². The maximum Gasteiger partial charge on any atom is 0.417 e. The normalized spacial score (nSPS) is 11.8. The van der Waals surface area contributed by atoms with E-state index in [2.05, 4.69) is 5.32 Å². The molecule has 0 aliphatic heterocycles. The molecule has 0 amide bonds. The van der Waals surface area contributed by atoms with Gasteiger partial charge >= 0.3 is 6.18 Å².